The summed E-state index contributed by atoms with van der Waals surface area (Å²) in [7, 11) is 0. The van der Waals surface area contributed by atoms with E-state index in [9.17, 15) is 9.59 Å². The zero-order valence-corrected chi connectivity index (χ0v) is 19.7. The molecule has 4 aromatic rings. The molecule has 1 aliphatic rings. The van der Waals surface area contributed by atoms with E-state index in [-0.39, 0.29) is 23.9 Å². The van der Waals surface area contributed by atoms with Gasteiger partial charge in [0.25, 0.3) is 5.91 Å². The Morgan fingerprint density at radius 2 is 1.79 bits per heavy atom. The number of furan rings is 1. The molecule has 34 heavy (non-hydrogen) atoms. The number of halogens is 1. The largest absolute Gasteiger partial charge is 0.482 e. The number of hydrogen-bond acceptors (Lipinski definition) is 4. The first-order valence-corrected chi connectivity index (χ1v) is 11.6. The molecule has 0 bridgehead atoms. The van der Waals surface area contributed by atoms with Gasteiger partial charge in [-0.25, -0.2) is 0 Å². The van der Waals surface area contributed by atoms with Crippen LogP contribution in [0.25, 0.3) is 11.0 Å². The number of carbonyl (C=O) groups is 2. The number of aryl methyl sites for hydroxylation is 1. The van der Waals surface area contributed by atoms with E-state index >= 15 is 0 Å². The van der Waals surface area contributed by atoms with Gasteiger partial charge in [0.2, 0.25) is 0 Å². The van der Waals surface area contributed by atoms with Crippen LogP contribution in [-0.4, -0.2) is 18.2 Å². The maximum absolute atomic E-state index is 13.4. The minimum Gasteiger partial charge on any atom is -0.482 e. The molecular weight excluding hydrogens is 450 g/mol. The summed E-state index contributed by atoms with van der Waals surface area (Å²) in [5.74, 6) is 0.356. The SMILES string of the molecule is Cc1c(C(=O)NCCc2ccccc2)oc2ccc3c(c12)C(=O)C[C@](C)(c1ccc(Cl)cc1)O3. The average Bonchev–Trinajstić information content (AvgIpc) is 3.16. The number of fused-ring (bicyclic) bond motifs is 3. The highest BCUT2D eigenvalue weighted by Crippen LogP contribution is 2.44. The molecule has 1 amide bonds. The van der Waals surface area contributed by atoms with Crippen molar-refractivity contribution >= 4 is 34.3 Å². The Morgan fingerprint density at radius 3 is 2.53 bits per heavy atom. The van der Waals surface area contributed by atoms with Crippen LogP contribution in [0, 0.1) is 6.92 Å². The van der Waals surface area contributed by atoms with Gasteiger partial charge >= 0.3 is 0 Å². The predicted molar refractivity (Wildman–Crippen MR) is 132 cm³/mol. The van der Waals surface area contributed by atoms with Crippen molar-refractivity contribution in [3.63, 3.8) is 0 Å². The monoisotopic (exact) mass is 473 g/mol. The summed E-state index contributed by atoms with van der Waals surface area (Å²) in [5.41, 5.74) is 2.81. The number of carbonyl (C=O) groups excluding carboxylic acids is 2. The van der Waals surface area contributed by atoms with Gasteiger partial charge in [-0.15, -0.1) is 0 Å². The quantitative estimate of drug-likeness (QED) is 0.372. The number of amides is 1. The van der Waals surface area contributed by atoms with Gasteiger partial charge in [-0.05, 0) is 55.7 Å². The lowest BCUT2D eigenvalue weighted by Crippen LogP contribution is -2.36. The maximum atomic E-state index is 13.4. The third-order valence-electron chi connectivity index (χ3n) is 6.37. The second-order valence-electron chi connectivity index (χ2n) is 8.80. The third kappa shape index (κ3) is 3.97. The smallest absolute Gasteiger partial charge is 0.287 e. The van der Waals surface area contributed by atoms with Crippen LogP contribution in [0.3, 0.4) is 0 Å². The molecule has 1 N–H and O–H groups in total. The highest BCUT2D eigenvalue weighted by atomic mass is 35.5. The summed E-state index contributed by atoms with van der Waals surface area (Å²) in [4.78, 5) is 26.2. The molecule has 0 radical (unpaired) electrons. The summed E-state index contributed by atoms with van der Waals surface area (Å²) in [6, 6.07) is 20.8. The van der Waals surface area contributed by atoms with Crippen molar-refractivity contribution < 1.29 is 18.7 Å². The molecule has 0 saturated heterocycles. The van der Waals surface area contributed by atoms with E-state index in [1.54, 1.807) is 31.2 Å². The fourth-order valence-electron chi connectivity index (χ4n) is 4.58. The van der Waals surface area contributed by atoms with Crippen LogP contribution in [0.2, 0.25) is 5.02 Å². The molecule has 0 spiro atoms. The number of benzene rings is 3. The Kier molecular flexibility index (Phi) is 5.66. The number of hydrogen-bond donors (Lipinski definition) is 1. The van der Waals surface area contributed by atoms with Crippen LogP contribution in [0.5, 0.6) is 5.75 Å². The Balaban J connectivity index is 1.43. The summed E-state index contributed by atoms with van der Waals surface area (Å²) in [6.07, 6.45) is 0.890. The highest BCUT2D eigenvalue weighted by Gasteiger charge is 2.40. The molecule has 1 aliphatic heterocycles. The van der Waals surface area contributed by atoms with Gasteiger partial charge in [0.15, 0.2) is 11.5 Å². The van der Waals surface area contributed by atoms with Gasteiger partial charge in [0, 0.05) is 22.5 Å². The molecule has 0 unspecified atom stereocenters. The number of nitrogens with one attached hydrogen (secondary N) is 1. The van der Waals surface area contributed by atoms with Gasteiger partial charge in [-0.3, -0.25) is 9.59 Å². The maximum Gasteiger partial charge on any atom is 0.287 e. The average molecular weight is 474 g/mol. The van der Waals surface area contributed by atoms with Crippen LogP contribution < -0.4 is 10.1 Å². The minimum atomic E-state index is -0.808. The standard InChI is InChI=1S/C28H24ClNO4/c1-17-24-22(33-26(17)27(32)30-15-14-18-6-4-3-5-7-18)12-13-23-25(24)21(31)16-28(2,34-23)19-8-10-20(29)11-9-19/h3-13H,14-16H2,1-2H3,(H,30,32)/t28-/m1/s1. The van der Waals surface area contributed by atoms with Crippen LogP contribution in [-0.2, 0) is 12.0 Å². The second kappa shape index (κ2) is 8.65. The van der Waals surface area contributed by atoms with E-state index in [0.29, 0.717) is 39.4 Å². The molecule has 0 aliphatic carbocycles. The molecule has 0 fully saturated rings. The topological polar surface area (TPSA) is 68.5 Å². The fraction of sp³-hybridized carbons (Fsp3) is 0.214. The Hall–Kier alpha value is -3.57. The van der Waals surface area contributed by atoms with Gasteiger partial charge in [-0.2, -0.15) is 0 Å². The van der Waals surface area contributed by atoms with Gasteiger partial charge in [0.1, 0.15) is 16.9 Å². The molecule has 5 nitrogen and oxygen atoms in total. The lowest BCUT2D eigenvalue weighted by atomic mass is 9.84. The Morgan fingerprint density at radius 1 is 1.06 bits per heavy atom. The molecule has 1 atom stereocenters. The lowest BCUT2D eigenvalue weighted by Gasteiger charge is -2.35. The van der Waals surface area contributed by atoms with Crippen molar-refractivity contribution in [1.29, 1.82) is 0 Å². The Labute approximate surface area is 202 Å². The predicted octanol–water partition coefficient (Wildman–Crippen LogP) is 6.25. The number of ketones is 1. The van der Waals surface area contributed by atoms with E-state index in [2.05, 4.69) is 5.32 Å². The van der Waals surface area contributed by atoms with Gasteiger partial charge in [-0.1, -0.05) is 54.1 Å². The summed E-state index contributed by atoms with van der Waals surface area (Å²) < 4.78 is 12.2. The van der Waals surface area contributed by atoms with E-state index in [0.717, 1.165) is 17.5 Å². The van der Waals surface area contributed by atoms with Crippen molar-refractivity contribution in [1.82, 2.24) is 5.32 Å². The number of Topliss-reactive ketones (excluding diaryl/α,β-unsaturated/α-hetero) is 1. The highest BCUT2D eigenvalue weighted by molar-refractivity contribution is 6.30. The van der Waals surface area contributed by atoms with Gasteiger partial charge in [0.05, 0.1) is 12.0 Å². The first-order chi connectivity index (χ1) is 16.4. The number of ether oxygens (including phenoxy) is 1. The molecule has 1 aromatic heterocycles. The Bertz CT molecular complexity index is 1390. The normalized spacial score (nSPS) is 17.3. The van der Waals surface area contributed by atoms with Crippen LogP contribution >= 0.6 is 11.6 Å². The van der Waals surface area contributed by atoms with Crippen molar-refractivity contribution in [2.24, 2.45) is 0 Å². The van der Waals surface area contributed by atoms with E-state index in [1.165, 1.54) is 0 Å². The molecular formula is C28H24ClNO4. The molecule has 172 valence electrons. The van der Waals surface area contributed by atoms with E-state index in [1.807, 2.05) is 49.4 Å². The molecule has 3 aromatic carbocycles. The van der Waals surface area contributed by atoms with E-state index in [4.69, 9.17) is 20.8 Å². The lowest BCUT2D eigenvalue weighted by molar-refractivity contribution is 0.0507. The fourth-order valence-corrected chi connectivity index (χ4v) is 4.71. The van der Waals surface area contributed by atoms with Crippen molar-refractivity contribution in [2.45, 2.75) is 32.3 Å². The summed E-state index contributed by atoms with van der Waals surface area (Å²) in [5, 5.41) is 4.18. The van der Waals surface area contributed by atoms with Crippen molar-refractivity contribution in [3.8, 4) is 5.75 Å². The van der Waals surface area contributed by atoms with Crippen molar-refractivity contribution in [2.75, 3.05) is 6.54 Å². The third-order valence-corrected chi connectivity index (χ3v) is 6.62. The summed E-state index contributed by atoms with van der Waals surface area (Å²) in [6.45, 7) is 4.19. The molecule has 6 heteroatoms. The first-order valence-electron chi connectivity index (χ1n) is 11.2. The van der Waals surface area contributed by atoms with Crippen LogP contribution in [0.15, 0.2) is 71.1 Å². The van der Waals surface area contributed by atoms with E-state index < -0.39 is 5.60 Å². The van der Waals surface area contributed by atoms with Crippen LogP contribution in [0.1, 0.15) is 50.9 Å². The second-order valence-corrected chi connectivity index (χ2v) is 9.24. The zero-order valence-electron chi connectivity index (χ0n) is 19.0. The molecule has 2 heterocycles. The number of rotatable bonds is 5. The summed E-state index contributed by atoms with van der Waals surface area (Å²) >= 11 is 6.03. The molecule has 0 saturated carbocycles. The zero-order chi connectivity index (χ0) is 23.9. The molecule has 5 rings (SSSR count). The minimum absolute atomic E-state index is 0.0516. The van der Waals surface area contributed by atoms with Crippen molar-refractivity contribution in [3.05, 3.63) is 99.8 Å². The first kappa shape index (κ1) is 22.2. The van der Waals surface area contributed by atoms with Crippen LogP contribution in [0.4, 0.5) is 0 Å². The van der Waals surface area contributed by atoms with Gasteiger partial charge < -0.3 is 14.5 Å².